The van der Waals surface area contributed by atoms with Crippen molar-refractivity contribution in [3.8, 4) is 0 Å². The van der Waals surface area contributed by atoms with Crippen molar-refractivity contribution in [3.05, 3.63) is 103 Å². The van der Waals surface area contributed by atoms with Gasteiger partial charge in [0, 0.05) is 0 Å². The van der Waals surface area contributed by atoms with Crippen molar-refractivity contribution in [2.45, 2.75) is 3.79 Å². The van der Waals surface area contributed by atoms with Crippen molar-refractivity contribution < 1.29 is 21.6 Å². The topological polar surface area (TPSA) is 29.1 Å². The quantitative estimate of drug-likeness (QED) is 0.421. The summed E-state index contributed by atoms with van der Waals surface area (Å²) in [6.45, 7) is 0. The van der Waals surface area contributed by atoms with Crippen LogP contribution in [-0.2, 0) is 4.79 Å². The van der Waals surface area contributed by atoms with E-state index >= 15 is 0 Å². The molecule has 1 N–H and O–H groups in total. The molecule has 0 bridgehead atoms. The molecule has 30 heavy (non-hydrogen) atoms. The van der Waals surface area contributed by atoms with E-state index in [0.29, 0.717) is 6.33 Å². The van der Waals surface area contributed by atoms with Gasteiger partial charge in [0.05, 0.1) is 0 Å². The summed E-state index contributed by atoms with van der Waals surface area (Å²) in [6, 6.07) is 28.4. The van der Waals surface area contributed by atoms with Gasteiger partial charge >= 0.3 is 0 Å². The molecule has 0 spiro atoms. The number of benzene rings is 3. The van der Waals surface area contributed by atoms with Crippen molar-refractivity contribution in [3.63, 3.8) is 0 Å². The second-order valence-corrected chi connectivity index (χ2v) is 11.8. The summed E-state index contributed by atoms with van der Waals surface area (Å²) in [5.74, 6) is -0.918. The molecule has 0 aliphatic rings. The fourth-order valence-electron chi connectivity index (χ4n) is 3.19. The van der Waals surface area contributed by atoms with Gasteiger partial charge in [0.15, 0.2) is 7.26 Å². The van der Waals surface area contributed by atoms with E-state index in [9.17, 15) is 9.18 Å². The Morgan fingerprint density at radius 2 is 1.10 bits per heavy atom. The molecule has 0 radical (unpaired) electrons. The molecule has 1 amide bonds. The lowest BCUT2D eigenvalue weighted by molar-refractivity contribution is -0.119. The van der Waals surface area contributed by atoms with Crippen molar-refractivity contribution >= 4 is 63.9 Å². The van der Waals surface area contributed by atoms with Gasteiger partial charge in [0.1, 0.15) is 22.2 Å². The number of carbonyl (C=O) groups excluding carboxylic acids is 1. The minimum absolute atomic E-state index is 0. The van der Waals surface area contributed by atoms with Crippen LogP contribution in [0.15, 0.2) is 103 Å². The smallest absolute Gasteiger partial charge is 0.279 e. The fourth-order valence-corrected chi connectivity index (χ4v) is 7.34. The molecule has 2 nitrogen and oxygen atoms in total. The largest absolute Gasteiger partial charge is 1.00 e. The van der Waals surface area contributed by atoms with E-state index in [0.717, 1.165) is 15.9 Å². The first-order valence-electron chi connectivity index (χ1n) is 8.65. The fraction of sp³-hybridized carbons (Fsp3) is 0.0455. The predicted octanol–water partition coefficient (Wildman–Crippen LogP) is 2.24. The average molecular weight is 503 g/mol. The number of alkyl halides is 3. The maximum Gasteiger partial charge on any atom is 0.279 e. The van der Waals surface area contributed by atoms with Crippen LogP contribution in [0.4, 0.5) is 4.39 Å². The molecule has 0 aliphatic heterocycles. The molecule has 0 saturated heterocycles. The Balaban J connectivity index is 0.00000320. The maximum atomic E-state index is 14.5. The first-order valence-corrected chi connectivity index (χ1v) is 11.6. The lowest BCUT2D eigenvalue weighted by atomic mass is 10.4. The molecule has 0 unspecified atom stereocenters. The van der Waals surface area contributed by atoms with Gasteiger partial charge in [-0.3, -0.25) is 10.1 Å². The average Bonchev–Trinajstić information content (AvgIpc) is 2.75. The molecule has 0 saturated carbocycles. The van der Waals surface area contributed by atoms with E-state index in [1.54, 1.807) is 0 Å². The molecule has 0 fully saturated rings. The first-order chi connectivity index (χ1) is 13.9. The highest BCUT2D eigenvalue weighted by Crippen LogP contribution is 2.61. The standard InChI is InChI=1S/C22H16Cl3FNOP.ClH/c23-22(24,25)21(28)27-20(16-26)29(17-10-4-1-5-11-17,18-12-6-2-7-13-18)19-14-8-3-9-15-19;/h1-16H;1H/b20-16+;. The van der Waals surface area contributed by atoms with Crippen LogP contribution in [0.1, 0.15) is 0 Å². The third kappa shape index (κ3) is 4.99. The summed E-state index contributed by atoms with van der Waals surface area (Å²) in [5.41, 5.74) is 0.0532. The lowest BCUT2D eigenvalue weighted by Gasteiger charge is -2.29. The highest BCUT2D eigenvalue weighted by molar-refractivity contribution is 7.99. The summed E-state index contributed by atoms with van der Waals surface area (Å²) >= 11 is 17.3. The van der Waals surface area contributed by atoms with Gasteiger partial charge in [-0.15, -0.1) is 0 Å². The SMILES string of the molecule is O=C(N/C(=C\F)[P+](c1ccccc1)(c1ccccc1)c1ccccc1)C(Cl)(Cl)Cl.[Cl-]. The Bertz CT molecular complexity index is 899. The van der Waals surface area contributed by atoms with Crippen LogP contribution in [0.2, 0.25) is 0 Å². The maximum absolute atomic E-state index is 14.5. The lowest BCUT2D eigenvalue weighted by Crippen LogP contribution is -3.00. The summed E-state index contributed by atoms with van der Waals surface area (Å²) in [6.07, 6.45) is 0.398. The zero-order valence-corrected chi connectivity index (χ0v) is 19.4. The zero-order valence-electron chi connectivity index (χ0n) is 15.5. The molecule has 0 atom stereocenters. The third-order valence-corrected chi connectivity index (χ3v) is 9.06. The second-order valence-electron chi connectivity index (χ2n) is 6.12. The van der Waals surface area contributed by atoms with Crippen molar-refractivity contribution in [2.75, 3.05) is 0 Å². The van der Waals surface area contributed by atoms with Gasteiger partial charge in [-0.25, -0.2) is 4.39 Å². The third-order valence-electron chi connectivity index (χ3n) is 4.39. The van der Waals surface area contributed by atoms with Crippen LogP contribution >= 0.6 is 42.1 Å². The zero-order chi connectivity index (χ0) is 20.9. The number of hydrogen-bond acceptors (Lipinski definition) is 1. The van der Waals surface area contributed by atoms with Crippen LogP contribution in [0.3, 0.4) is 0 Å². The van der Waals surface area contributed by atoms with Crippen LogP contribution in [0, 0.1) is 0 Å². The van der Waals surface area contributed by atoms with E-state index in [1.807, 2.05) is 91.0 Å². The Hall–Kier alpha value is -1.61. The van der Waals surface area contributed by atoms with Crippen LogP contribution in [-0.4, -0.2) is 9.70 Å². The predicted molar refractivity (Wildman–Crippen MR) is 123 cm³/mol. The minimum atomic E-state index is -2.81. The summed E-state index contributed by atoms with van der Waals surface area (Å²) in [4.78, 5) is 12.5. The van der Waals surface area contributed by atoms with Gasteiger partial charge in [-0.2, -0.15) is 0 Å². The molecule has 3 aromatic carbocycles. The van der Waals surface area contributed by atoms with Crippen molar-refractivity contribution in [1.82, 2.24) is 5.32 Å². The van der Waals surface area contributed by atoms with E-state index in [-0.39, 0.29) is 17.8 Å². The van der Waals surface area contributed by atoms with Gasteiger partial charge in [0.2, 0.25) is 5.44 Å². The molecule has 0 aliphatic carbocycles. The Kier molecular flexibility index (Phi) is 8.73. The van der Waals surface area contributed by atoms with E-state index in [1.165, 1.54) is 0 Å². The molecule has 8 heteroatoms. The number of rotatable bonds is 5. The minimum Gasteiger partial charge on any atom is -1.00 e. The number of halogens is 5. The molecule has 3 rings (SSSR count). The summed E-state index contributed by atoms with van der Waals surface area (Å²) < 4.78 is 12.3. The van der Waals surface area contributed by atoms with Crippen molar-refractivity contribution in [1.29, 1.82) is 0 Å². The number of amides is 1. The molecular formula is C22H17Cl4FNOP. The van der Waals surface area contributed by atoms with Crippen molar-refractivity contribution in [2.24, 2.45) is 0 Å². The van der Waals surface area contributed by atoms with E-state index in [2.05, 4.69) is 5.32 Å². The normalized spacial score (nSPS) is 12.1. The molecule has 0 aromatic heterocycles. The number of nitrogens with one attached hydrogen (secondary N) is 1. The van der Waals surface area contributed by atoms with E-state index < -0.39 is 17.0 Å². The van der Waals surface area contributed by atoms with E-state index in [4.69, 9.17) is 34.8 Å². The van der Waals surface area contributed by atoms with Gasteiger partial charge < -0.3 is 12.4 Å². The molecule has 156 valence electrons. The monoisotopic (exact) mass is 501 g/mol. The molecular weight excluding hydrogens is 486 g/mol. The summed E-state index contributed by atoms with van der Waals surface area (Å²) in [7, 11) is -2.81. The first kappa shape index (κ1) is 24.7. The van der Waals surface area contributed by atoms with Gasteiger partial charge in [0.25, 0.3) is 9.70 Å². The Labute approximate surface area is 196 Å². The number of hydrogen-bond donors (Lipinski definition) is 1. The van der Waals surface area contributed by atoms with Gasteiger partial charge in [-0.05, 0) is 36.4 Å². The van der Waals surface area contributed by atoms with Crippen LogP contribution in [0.25, 0.3) is 0 Å². The molecule has 0 heterocycles. The van der Waals surface area contributed by atoms with Crippen LogP contribution in [0.5, 0.6) is 0 Å². The number of carbonyl (C=O) groups is 1. The molecule has 3 aromatic rings. The highest BCUT2D eigenvalue weighted by Gasteiger charge is 2.52. The van der Waals surface area contributed by atoms with Gasteiger partial charge in [-0.1, -0.05) is 89.4 Å². The highest BCUT2D eigenvalue weighted by atomic mass is 35.6. The Morgan fingerprint density at radius 3 is 1.37 bits per heavy atom. The second kappa shape index (κ2) is 10.6. The Morgan fingerprint density at radius 1 is 0.767 bits per heavy atom. The van der Waals surface area contributed by atoms with Crippen LogP contribution < -0.4 is 33.6 Å². The summed E-state index contributed by atoms with van der Waals surface area (Å²) in [5, 5.41) is 5.10.